The van der Waals surface area contributed by atoms with Gasteiger partial charge in [0.05, 0.1) is 13.2 Å². The monoisotopic (exact) mass is 336 g/mol. The molecule has 3 heterocycles. The number of morpholine rings is 1. The molecule has 2 atom stereocenters. The van der Waals surface area contributed by atoms with E-state index in [-0.39, 0.29) is 18.1 Å². The summed E-state index contributed by atoms with van der Waals surface area (Å²) in [4.78, 5) is 15.0. The lowest BCUT2D eigenvalue weighted by molar-refractivity contribution is -0.125. The number of nitrogens with zero attached hydrogens (tertiary/aromatic N) is 1. The molecule has 1 N–H and O–H groups in total. The Bertz CT molecular complexity index is 448. The van der Waals surface area contributed by atoms with Gasteiger partial charge in [0.1, 0.15) is 16.5 Å². The molecule has 1 aromatic rings. The van der Waals surface area contributed by atoms with Gasteiger partial charge >= 0.3 is 0 Å². The minimum Gasteiger partial charge on any atom is -0.378 e. The lowest BCUT2D eigenvalue weighted by atomic mass is 10.2. The molecule has 3 rings (SSSR count). The van der Waals surface area contributed by atoms with Gasteiger partial charge in [-0.05, 0) is 22.0 Å². The molecule has 0 aromatic carbocycles. The van der Waals surface area contributed by atoms with Gasteiger partial charge in [-0.1, -0.05) is 11.6 Å². The summed E-state index contributed by atoms with van der Waals surface area (Å²) < 4.78 is 6.93. The second-order valence-electron chi connectivity index (χ2n) is 4.01. The van der Waals surface area contributed by atoms with Crippen LogP contribution in [0.25, 0.3) is 0 Å². The normalized spacial score (nSPS) is 29.2. The van der Waals surface area contributed by atoms with Crippen LogP contribution < -0.4 is 5.32 Å². The third kappa shape index (κ3) is 2.02. The van der Waals surface area contributed by atoms with Gasteiger partial charge < -0.3 is 10.1 Å². The molecule has 7 heteroatoms. The largest absolute Gasteiger partial charge is 0.378 e. The number of ether oxygens (including phenoxy) is 1. The Morgan fingerprint density at radius 2 is 2.47 bits per heavy atom. The molecule has 2 saturated heterocycles. The number of halogens is 2. The zero-order valence-electron chi connectivity index (χ0n) is 8.78. The molecule has 17 heavy (non-hydrogen) atoms. The highest BCUT2D eigenvalue weighted by atomic mass is 79.9. The zero-order valence-corrected chi connectivity index (χ0v) is 11.9. The van der Waals surface area contributed by atoms with E-state index < -0.39 is 0 Å². The van der Waals surface area contributed by atoms with Crippen molar-refractivity contribution in [1.29, 1.82) is 0 Å². The first-order valence-electron chi connectivity index (χ1n) is 5.25. The number of fused-ring (bicyclic) bond motifs is 1. The van der Waals surface area contributed by atoms with Crippen molar-refractivity contribution in [1.82, 2.24) is 10.2 Å². The van der Waals surface area contributed by atoms with Crippen LogP contribution in [-0.4, -0.2) is 36.6 Å². The van der Waals surface area contributed by atoms with Gasteiger partial charge in [0.25, 0.3) is 0 Å². The third-order valence-corrected chi connectivity index (χ3v) is 5.54. The van der Waals surface area contributed by atoms with E-state index in [2.05, 4.69) is 26.1 Å². The Kier molecular flexibility index (Phi) is 3.16. The second kappa shape index (κ2) is 4.51. The summed E-state index contributed by atoms with van der Waals surface area (Å²) in [5, 5.41) is 2.99. The van der Waals surface area contributed by atoms with Crippen LogP contribution >= 0.6 is 38.9 Å². The molecule has 0 unspecified atom stereocenters. The zero-order chi connectivity index (χ0) is 12.0. The van der Waals surface area contributed by atoms with E-state index >= 15 is 0 Å². The highest BCUT2D eigenvalue weighted by Crippen LogP contribution is 2.38. The first-order valence-corrected chi connectivity index (χ1v) is 7.24. The average molecular weight is 338 g/mol. The second-order valence-corrected chi connectivity index (χ2v) is 6.55. The van der Waals surface area contributed by atoms with E-state index in [0.29, 0.717) is 17.6 Å². The van der Waals surface area contributed by atoms with Gasteiger partial charge in [0, 0.05) is 15.9 Å². The Hall–Kier alpha value is -0.140. The molecule has 92 valence electrons. The number of carbonyl (C=O) groups is 1. The molecule has 4 nitrogen and oxygen atoms in total. The molecular weight excluding hydrogens is 328 g/mol. The molecule has 1 amide bonds. The van der Waals surface area contributed by atoms with E-state index in [9.17, 15) is 4.79 Å². The van der Waals surface area contributed by atoms with Gasteiger partial charge in [0.2, 0.25) is 5.91 Å². The highest BCUT2D eigenvalue weighted by Gasteiger charge is 2.42. The van der Waals surface area contributed by atoms with Gasteiger partial charge in [-0.25, -0.2) is 0 Å². The van der Waals surface area contributed by atoms with Crippen LogP contribution in [0, 0.1) is 0 Å². The predicted octanol–water partition coefficient (Wildman–Crippen LogP) is 1.99. The van der Waals surface area contributed by atoms with Gasteiger partial charge in [-0.2, -0.15) is 0 Å². The van der Waals surface area contributed by atoms with E-state index in [1.807, 2.05) is 6.07 Å². The van der Waals surface area contributed by atoms with Crippen LogP contribution in [0.15, 0.2) is 10.5 Å². The van der Waals surface area contributed by atoms with Crippen LogP contribution in [0.4, 0.5) is 0 Å². The van der Waals surface area contributed by atoms with Crippen LogP contribution in [0.3, 0.4) is 0 Å². The number of amides is 1. The van der Waals surface area contributed by atoms with Gasteiger partial charge in [0.15, 0.2) is 0 Å². The maximum atomic E-state index is 11.8. The Morgan fingerprint density at radius 1 is 1.65 bits per heavy atom. The van der Waals surface area contributed by atoms with Crippen molar-refractivity contribution in [2.75, 3.05) is 19.8 Å². The van der Waals surface area contributed by atoms with Crippen molar-refractivity contribution in [2.24, 2.45) is 0 Å². The van der Waals surface area contributed by atoms with Crippen molar-refractivity contribution in [2.45, 2.75) is 12.2 Å². The maximum absolute atomic E-state index is 11.8. The Labute approximate surface area is 116 Å². The SMILES string of the molecule is O=C1N[C@H](c2cc(Br)c(Cl)s2)N2CCOC[C@H]12. The number of rotatable bonds is 1. The molecule has 0 aliphatic carbocycles. The standard InChI is InChI=1S/C10H10BrClN2O2S/c11-5-3-7(17-8(5)12)9-13-10(15)6-4-16-2-1-14(6)9/h3,6,9H,1-2,4H2,(H,13,15)/t6-,9+/m1/s1. The predicted molar refractivity (Wildman–Crippen MR) is 69.2 cm³/mol. The maximum Gasteiger partial charge on any atom is 0.241 e. The Balaban J connectivity index is 1.90. The number of thiophene rings is 1. The minimum absolute atomic E-state index is 0.0374. The van der Waals surface area contributed by atoms with Crippen LogP contribution in [-0.2, 0) is 9.53 Å². The molecule has 0 spiro atoms. The van der Waals surface area contributed by atoms with Gasteiger partial charge in [-0.3, -0.25) is 9.69 Å². The van der Waals surface area contributed by atoms with Crippen LogP contribution in [0.2, 0.25) is 4.34 Å². The lowest BCUT2D eigenvalue weighted by Gasteiger charge is -2.30. The average Bonchev–Trinajstić information content (AvgIpc) is 2.82. The van der Waals surface area contributed by atoms with E-state index in [4.69, 9.17) is 16.3 Å². The van der Waals surface area contributed by atoms with Crippen LogP contribution in [0.5, 0.6) is 0 Å². The number of hydrogen-bond donors (Lipinski definition) is 1. The molecule has 0 bridgehead atoms. The first-order chi connectivity index (χ1) is 8.16. The first kappa shape index (κ1) is 11.9. The summed E-state index contributed by atoms with van der Waals surface area (Å²) in [5.74, 6) is 0.0374. The molecule has 2 aliphatic heterocycles. The summed E-state index contributed by atoms with van der Waals surface area (Å²) in [6, 6.07) is 1.81. The molecule has 0 saturated carbocycles. The number of carbonyl (C=O) groups excluding carboxylic acids is 1. The smallest absolute Gasteiger partial charge is 0.241 e. The van der Waals surface area contributed by atoms with Gasteiger partial charge in [-0.15, -0.1) is 11.3 Å². The van der Waals surface area contributed by atoms with Crippen molar-refractivity contribution in [3.8, 4) is 0 Å². The van der Waals surface area contributed by atoms with E-state index in [0.717, 1.165) is 15.9 Å². The number of nitrogens with one attached hydrogen (secondary N) is 1. The topological polar surface area (TPSA) is 41.6 Å². The minimum atomic E-state index is -0.159. The summed E-state index contributed by atoms with van der Waals surface area (Å²) >= 11 is 10.9. The molecule has 0 radical (unpaired) electrons. The molecule has 1 aromatic heterocycles. The summed E-state index contributed by atoms with van der Waals surface area (Å²) in [5.41, 5.74) is 0. The summed E-state index contributed by atoms with van der Waals surface area (Å²) in [6.45, 7) is 1.91. The Morgan fingerprint density at radius 3 is 3.18 bits per heavy atom. The quantitative estimate of drug-likeness (QED) is 0.852. The fraction of sp³-hybridized carbons (Fsp3) is 0.500. The van der Waals surface area contributed by atoms with E-state index in [1.54, 1.807) is 0 Å². The highest BCUT2D eigenvalue weighted by molar-refractivity contribution is 9.10. The lowest BCUT2D eigenvalue weighted by Crippen LogP contribution is -2.44. The van der Waals surface area contributed by atoms with E-state index in [1.165, 1.54) is 11.3 Å². The molecular formula is C10H10BrClN2O2S. The van der Waals surface area contributed by atoms with Crippen molar-refractivity contribution >= 4 is 44.8 Å². The summed E-state index contributed by atoms with van der Waals surface area (Å²) in [7, 11) is 0. The fourth-order valence-electron chi connectivity index (χ4n) is 2.20. The van der Waals surface area contributed by atoms with Crippen LogP contribution in [0.1, 0.15) is 11.0 Å². The fourth-order valence-corrected chi connectivity index (χ4v) is 4.01. The van der Waals surface area contributed by atoms with Crippen molar-refractivity contribution < 1.29 is 9.53 Å². The molecule has 2 fully saturated rings. The summed E-state index contributed by atoms with van der Waals surface area (Å²) in [6.07, 6.45) is -0.0646. The third-order valence-electron chi connectivity index (χ3n) is 3.02. The number of hydrogen-bond acceptors (Lipinski definition) is 4. The van der Waals surface area contributed by atoms with Crippen molar-refractivity contribution in [3.05, 3.63) is 19.8 Å². The molecule has 2 aliphatic rings. The van der Waals surface area contributed by atoms with Crippen molar-refractivity contribution in [3.63, 3.8) is 0 Å².